The molecule has 174 valence electrons. The van der Waals surface area contributed by atoms with Gasteiger partial charge in [-0.15, -0.1) is 0 Å². The van der Waals surface area contributed by atoms with Crippen molar-refractivity contribution in [2.45, 2.75) is 50.8 Å². The number of fused-ring (bicyclic) bond motifs is 1. The van der Waals surface area contributed by atoms with Gasteiger partial charge in [0.25, 0.3) is 5.91 Å². The lowest BCUT2D eigenvalue weighted by Gasteiger charge is -2.28. The number of imide groups is 1. The molecule has 1 aliphatic carbocycles. The van der Waals surface area contributed by atoms with Crippen LogP contribution in [0, 0.1) is 6.92 Å². The van der Waals surface area contributed by atoms with Gasteiger partial charge in [-0.3, -0.25) is 19.9 Å². The predicted molar refractivity (Wildman–Crippen MR) is 126 cm³/mol. The summed E-state index contributed by atoms with van der Waals surface area (Å²) < 4.78 is 5.99. The zero-order valence-electron chi connectivity index (χ0n) is 18.9. The molecule has 3 aromatic rings. The van der Waals surface area contributed by atoms with Crippen molar-refractivity contribution in [1.29, 1.82) is 0 Å². The number of pyridine rings is 1. The Kier molecular flexibility index (Phi) is 5.65. The molecule has 8 heteroatoms. The Morgan fingerprint density at radius 3 is 2.74 bits per heavy atom. The van der Waals surface area contributed by atoms with Gasteiger partial charge in [-0.05, 0) is 56.0 Å². The van der Waals surface area contributed by atoms with E-state index in [2.05, 4.69) is 20.9 Å². The van der Waals surface area contributed by atoms with Crippen molar-refractivity contribution in [3.8, 4) is 5.75 Å². The normalized spacial score (nSPS) is 21.5. The third kappa shape index (κ3) is 4.19. The highest BCUT2D eigenvalue weighted by molar-refractivity contribution is 6.08. The zero-order valence-corrected chi connectivity index (χ0v) is 18.9. The Morgan fingerprint density at radius 2 is 1.97 bits per heavy atom. The van der Waals surface area contributed by atoms with Crippen LogP contribution in [0.25, 0.3) is 10.9 Å². The number of hydrogen-bond donors (Lipinski definition) is 3. The Bertz CT molecular complexity index is 1270. The molecule has 2 aliphatic rings. The molecule has 1 aliphatic heterocycles. The summed E-state index contributed by atoms with van der Waals surface area (Å²) >= 11 is 0. The van der Waals surface area contributed by atoms with Gasteiger partial charge >= 0.3 is 6.03 Å². The highest BCUT2D eigenvalue weighted by atomic mass is 16.5. The maximum Gasteiger partial charge on any atom is 0.322 e. The molecule has 34 heavy (non-hydrogen) atoms. The maximum absolute atomic E-state index is 12.7. The van der Waals surface area contributed by atoms with Crippen LogP contribution in [0.5, 0.6) is 5.75 Å². The second-order valence-corrected chi connectivity index (χ2v) is 8.94. The summed E-state index contributed by atoms with van der Waals surface area (Å²) in [7, 11) is 0. The molecule has 1 saturated carbocycles. The lowest BCUT2D eigenvalue weighted by molar-refractivity contribution is -0.126. The van der Waals surface area contributed by atoms with E-state index < -0.39 is 17.6 Å². The fourth-order valence-electron chi connectivity index (χ4n) is 4.94. The van der Waals surface area contributed by atoms with Crippen LogP contribution in [0.1, 0.15) is 36.1 Å². The summed E-state index contributed by atoms with van der Waals surface area (Å²) in [6, 6.07) is 16.5. The number of rotatable bonds is 6. The van der Waals surface area contributed by atoms with Crippen LogP contribution in [0.15, 0.2) is 54.6 Å². The molecule has 2 unspecified atom stereocenters. The monoisotopic (exact) mass is 458 g/mol. The van der Waals surface area contributed by atoms with Crippen LogP contribution >= 0.6 is 0 Å². The average molecular weight is 459 g/mol. The van der Waals surface area contributed by atoms with Gasteiger partial charge in [0, 0.05) is 16.6 Å². The molecule has 1 spiro atoms. The second-order valence-electron chi connectivity index (χ2n) is 8.94. The van der Waals surface area contributed by atoms with Gasteiger partial charge in [0.2, 0.25) is 5.91 Å². The van der Waals surface area contributed by atoms with Gasteiger partial charge in [-0.25, -0.2) is 4.79 Å². The first-order chi connectivity index (χ1) is 16.4. The number of hydrogen-bond acceptors (Lipinski definition) is 5. The number of aryl methyl sites for hydroxylation is 1. The van der Waals surface area contributed by atoms with Gasteiger partial charge in [0.05, 0.1) is 18.0 Å². The predicted octanol–water partition coefficient (Wildman–Crippen LogP) is 2.91. The summed E-state index contributed by atoms with van der Waals surface area (Å²) in [5.74, 6) is 0.161. The molecular formula is C26H26N4O4. The van der Waals surface area contributed by atoms with E-state index in [1.54, 1.807) is 0 Å². The van der Waals surface area contributed by atoms with Crippen LogP contribution in [0.3, 0.4) is 0 Å². The van der Waals surface area contributed by atoms with Crippen molar-refractivity contribution >= 4 is 28.7 Å². The fraction of sp³-hybridized carbons (Fsp3) is 0.308. The molecule has 2 fully saturated rings. The zero-order chi connectivity index (χ0) is 23.7. The first kappa shape index (κ1) is 21.9. The standard InChI is InChI=1S/C26H26N4O4/c1-16-13-18(20-5-2-3-6-21(20)27-16)15-34-19-10-8-17(9-11-19)14-23(31)28-22-7-4-12-26(22)24(32)29-25(33)30-26/h2-3,5-6,8-11,13,22H,4,7,12,14-15H2,1H3,(H,28,31)(H2,29,30,32,33). The van der Waals surface area contributed by atoms with Crippen molar-refractivity contribution in [2.24, 2.45) is 0 Å². The number of nitrogens with zero attached hydrogens (tertiary/aromatic N) is 1. The number of carbonyl (C=O) groups excluding carboxylic acids is 3. The lowest BCUT2D eigenvalue weighted by atomic mass is 9.93. The largest absolute Gasteiger partial charge is 0.489 e. The van der Waals surface area contributed by atoms with Crippen molar-refractivity contribution in [1.82, 2.24) is 20.9 Å². The molecule has 2 heterocycles. The number of para-hydroxylation sites is 1. The number of nitrogens with one attached hydrogen (secondary N) is 3. The quantitative estimate of drug-likeness (QED) is 0.492. The summed E-state index contributed by atoms with van der Waals surface area (Å²) in [6.07, 6.45) is 2.11. The van der Waals surface area contributed by atoms with E-state index in [1.165, 1.54) is 0 Å². The molecule has 2 atom stereocenters. The molecule has 3 N–H and O–H groups in total. The number of carbonyl (C=O) groups is 3. The van der Waals surface area contributed by atoms with Crippen LogP contribution in [0.2, 0.25) is 0 Å². The third-order valence-electron chi connectivity index (χ3n) is 6.58. The van der Waals surface area contributed by atoms with E-state index in [-0.39, 0.29) is 18.2 Å². The molecular weight excluding hydrogens is 432 g/mol. The van der Waals surface area contributed by atoms with E-state index in [0.717, 1.165) is 34.1 Å². The summed E-state index contributed by atoms with van der Waals surface area (Å²) in [5.41, 5.74) is 2.76. The van der Waals surface area contributed by atoms with Crippen molar-refractivity contribution < 1.29 is 19.1 Å². The molecule has 2 aromatic carbocycles. The molecule has 0 bridgehead atoms. The molecule has 5 rings (SSSR count). The first-order valence-corrected chi connectivity index (χ1v) is 11.4. The Hall–Kier alpha value is -3.94. The summed E-state index contributed by atoms with van der Waals surface area (Å²) in [6.45, 7) is 2.39. The van der Waals surface area contributed by atoms with Gasteiger partial charge in [0.15, 0.2) is 0 Å². The summed E-state index contributed by atoms with van der Waals surface area (Å²) in [4.78, 5) is 41.1. The van der Waals surface area contributed by atoms with Crippen LogP contribution in [-0.2, 0) is 22.6 Å². The van der Waals surface area contributed by atoms with Crippen LogP contribution < -0.4 is 20.7 Å². The van der Waals surface area contributed by atoms with Gasteiger partial charge < -0.3 is 15.4 Å². The Balaban J connectivity index is 1.19. The fourth-order valence-corrected chi connectivity index (χ4v) is 4.94. The first-order valence-electron chi connectivity index (χ1n) is 11.4. The highest BCUT2D eigenvalue weighted by Crippen LogP contribution is 2.32. The smallest absolute Gasteiger partial charge is 0.322 e. The van der Waals surface area contributed by atoms with Crippen molar-refractivity contribution in [2.75, 3.05) is 0 Å². The molecule has 4 amide bonds. The van der Waals surface area contributed by atoms with Gasteiger partial charge in [-0.1, -0.05) is 30.3 Å². The maximum atomic E-state index is 12.7. The average Bonchev–Trinajstić information content (AvgIpc) is 3.34. The Labute approximate surface area is 197 Å². The lowest BCUT2D eigenvalue weighted by Crippen LogP contribution is -2.59. The minimum absolute atomic E-state index is 0.177. The van der Waals surface area contributed by atoms with E-state index in [1.807, 2.05) is 61.5 Å². The van der Waals surface area contributed by atoms with Gasteiger partial charge in [0.1, 0.15) is 17.9 Å². The van der Waals surface area contributed by atoms with Crippen molar-refractivity contribution in [3.63, 3.8) is 0 Å². The third-order valence-corrected chi connectivity index (χ3v) is 6.58. The topological polar surface area (TPSA) is 109 Å². The molecule has 1 saturated heterocycles. The van der Waals surface area contributed by atoms with E-state index >= 15 is 0 Å². The van der Waals surface area contributed by atoms with E-state index in [0.29, 0.717) is 25.2 Å². The number of aromatic nitrogens is 1. The molecule has 1 aromatic heterocycles. The van der Waals surface area contributed by atoms with Crippen LogP contribution in [0.4, 0.5) is 4.79 Å². The summed E-state index contributed by atoms with van der Waals surface area (Å²) in [5, 5.41) is 9.01. The highest BCUT2D eigenvalue weighted by Gasteiger charge is 2.54. The minimum Gasteiger partial charge on any atom is -0.489 e. The number of urea groups is 1. The number of ether oxygens (including phenoxy) is 1. The van der Waals surface area contributed by atoms with Crippen LogP contribution in [-0.4, -0.2) is 34.4 Å². The van der Waals surface area contributed by atoms with Gasteiger partial charge in [-0.2, -0.15) is 0 Å². The van der Waals surface area contributed by atoms with E-state index in [9.17, 15) is 14.4 Å². The molecule has 0 radical (unpaired) electrons. The second kappa shape index (κ2) is 8.78. The Morgan fingerprint density at radius 1 is 1.18 bits per heavy atom. The SMILES string of the molecule is Cc1cc(COc2ccc(CC(=O)NC3CCCC34NC(=O)NC4=O)cc2)c2ccccc2n1. The number of benzene rings is 2. The number of amides is 4. The minimum atomic E-state index is -1.03. The van der Waals surface area contributed by atoms with Crippen molar-refractivity contribution in [3.05, 3.63) is 71.4 Å². The van der Waals surface area contributed by atoms with E-state index in [4.69, 9.17) is 4.74 Å². The molecule has 8 nitrogen and oxygen atoms in total.